The number of rotatable bonds is 3. The van der Waals surface area contributed by atoms with Crippen molar-refractivity contribution in [3.8, 4) is 0 Å². The van der Waals surface area contributed by atoms with E-state index in [0.717, 1.165) is 0 Å². The molecule has 0 aliphatic rings. The van der Waals surface area contributed by atoms with E-state index in [1.165, 1.54) is 4.68 Å². The minimum absolute atomic E-state index is 0.0724. The Kier molecular flexibility index (Phi) is 3.71. The van der Waals surface area contributed by atoms with Crippen LogP contribution < -0.4 is 5.73 Å². The zero-order valence-corrected chi connectivity index (χ0v) is 9.29. The molecule has 2 N–H and O–H groups in total. The highest BCUT2D eigenvalue weighted by atomic mass is 79.9. The van der Waals surface area contributed by atoms with Gasteiger partial charge in [-0.15, -0.1) is 0 Å². The van der Waals surface area contributed by atoms with Crippen molar-refractivity contribution in [3.05, 3.63) is 10.7 Å². The monoisotopic (exact) mass is 289 g/mol. The lowest BCUT2D eigenvalue weighted by Crippen LogP contribution is -2.07. The van der Waals surface area contributed by atoms with Gasteiger partial charge in [0.25, 0.3) is 0 Å². The average molecular weight is 290 g/mol. The van der Waals surface area contributed by atoms with Crippen LogP contribution in [0.3, 0.4) is 0 Å². The number of nitrogens with two attached hydrogens (primary N) is 1. The molecule has 0 unspecified atom stereocenters. The van der Waals surface area contributed by atoms with Gasteiger partial charge >= 0.3 is 5.51 Å². The summed E-state index contributed by atoms with van der Waals surface area (Å²) in [6.45, 7) is 0.181. The maximum Gasteiger partial charge on any atom is 0.441 e. The molecule has 0 aromatic carbocycles. The van der Waals surface area contributed by atoms with Crippen molar-refractivity contribution in [1.82, 2.24) is 9.78 Å². The summed E-state index contributed by atoms with van der Waals surface area (Å²) in [5.41, 5.74) is 1.21. The van der Waals surface area contributed by atoms with Crippen molar-refractivity contribution in [2.24, 2.45) is 0 Å². The number of aromatic nitrogens is 2. The summed E-state index contributed by atoms with van der Waals surface area (Å²) < 4.78 is 37.2. The van der Waals surface area contributed by atoms with Crippen LogP contribution in [0.15, 0.2) is 10.7 Å². The molecule has 80 valence electrons. The van der Waals surface area contributed by atoms with Gasteiger partial charge in [0.1, 0.15) is 0 Å². The van der Waals surface area contributed by atoms with E-state index in [2.05, 4.69) is 21.0 Å². The minimum Gasteiger partial charge on any atom is -0.381 e. The Hall–Kier alpha value is -0.370. The van der Waals surface area contributed by atoms with E-state index >= 15 is 0 Å². The van der Waals surface area contributed by atoms with E-state index < -0.39 is 5.51 Å². The largest absolute Gasteiger partial charge is 0.441 e. The Morgan fingerprint density at radius 2 is 2.21 bits per heavy atom. The van der Waals surface area contributed by atoms with E-state index in [1.807, 2.05) is 0 Å². The molecule has 0 amide bonds. The highest BCUT2D eigenvalue weighted by molar-refractivity contribution is 9.10. The molecular formula is C6H7BrF3N3S. The van der Waals surface area contributed by atoms with Crippen LogP contribution in [-0.2, 0) is 6.54 Å². The second-order valence-corrected chi connectivity index (χ2v) is 4.43. The van der Waals surface area contributed by atoms with Gasteiger partial charge in [0.15, 0.2) is 5.82 Å². The first-order valence-corrected chi connectivity index (χ1v) is 5.35. The van der Waals surface area contributed by atoms with E-state index in [-0.39, 0.29) is 29.9 Å². The first kappa shape index (κ1) is 11.7. The molecule has 0 aliphatic heterocycles. The van der Waals surface area contributed by atoms with Gasteiger partial charge in [-0.25, -0.2) is 0 Å². The van der Waals surface area contributed by atoms with Gasteiger partial charge in [-0.2, -0.15) is 18.3 Å². The number of hydrogen-bond donors (Lipinski definition) is 1. The van der Waals surface area contributed by atoms with Crippen LogP contribution in [0.2, 0.25) is 0 Å². The summed E-state index contributed by atoms with van der Waals surface area (Å²) in [6, 6.07) is 0. The Labute approximate surface area is 91.0 Å². The summed E-state index contributed by atoms with van der Waals surface area (Å²) in [5.74, 6) is 0.207. The van der Waals surface area contributed by atoms with Crippen LogP contribution in [0.25, 0.3) is 0 Å². The van der Waals surface area contributed by atoms with Crippen molar-refractivity contribution in [2.75, 3.05) is 11.5 Å². The smallest absolute Gasteiger partial charge is 0.381 e. The lowest BCUT2D eigenvalue weighted by molar-refractivity contribution is -0.0328. The predicted molar refractivity (Wildman–Crippen MR) is 52.9 cm³/mol. The van der Waals surface area contributed by atoms with Gasteiger partial charge in [-0.3, -0.25) is 4.68 Å². The third kappa shape index (κ3) is 3.79. The lowest BCUT2D eigenvalue weighted by Gasteiger charge is -2.04. The molecule has 14 heavy (non-hydrogen) atoms. The number of nitrogen functional groups attached to an aromatic ring is 1. The summed E-state index contributed by atoms with van der Waals surface area (Å²) in [6.07, 6.45) is 1.55. The molecule has 0 aliphatic carbocycles. The number of hydrogen-bond acceptors (Lipinski definition) is 3. The number of aryl methyl sites for hydroxylation is 1. The number of thioether (sulfide) groups is 1. The molecule has 1 heterocycles. The molecule has 8 heteroatoms. The summed E-state index contributed by atoms with van der Waals surface area (Å²) in [7, 11) is 0. The van der Waals surface area contributed by atoms with E-state index in [0.29, 0.717) is 4.47 Å². The third-order valence-corrected chi connectivity index (χ3v) is 2.65. The molecule has 0 spiro atoms. The van der Waals surface area contributed by atoms with E-state index in [9.17, 15) is 13.2 Å². The standard InChI is InChI=1S/C6H7BrF3N3S/c7-4-3-13(12-5(4)11)1-2-14-6(8,9)10/h3H,1-2H2,(H2,11,12). The normalized spacial score (nSPS) is 12.0. The zero-order valence-electron chi connectivity index (χ0n) is 6.88. The molecular weight excluding hydrogens is 283 g/mol. The predicted octanol–water partition coefficient (Wildman–Crippen LogP) is 2.48. The second-order valence-electron chi connectivity index (χ2n) is 2.42. The molecule has 1 aromatic rings. The third-order valence-electron chi connectivity index (χ3n) is 1.33. The summed E-state index contributed by atoms with van der Waals surface area (Å²) in [4.78, 5) is 0. The summed E-state index contributed by atoms with van der Waals surface area (Å²) in [5, 5.41) is 3.80. The number of halogens is 4. The molecule has 0 atom stereocenters. The fourth-order valence-corrected chi connectivity index (χ4v) is 1.61. The Morgan fingerprint density at radius 1 is 1.57 bits per heavy atom. The van der Waals surface area contributed by atoms with Crippen LogP contribution in [0, 0.1) is 0 Å². The second kappa shape index (κ2) is 4.43. The van der Waals surface area contributed by atoms with Crippen molar-refractivity contribution in [2.45, 2.75) is 12.1 Å². The lowest BCUT2D eigenvalue weighted by atomic mass is 10.6. The van der Waals surface area contributed by atoms with Crippen LogP contribution in [-0.4, -0.2) is 21.0 Å². The van der Waals surface area contributed by atoms with Gasteiger partial charge in [-0.1, -0.05) is 0 Å². The number of alkyl halides is 3. The number of anilines is 1. The van der Waals surface area contributed by atoms with Crippen molar-refractivity contribution < 1.29 is 13.2 Å². The molecule has 0 radical (unpaired) electrons. The molecule has 3 nitrogen and oxygen atoms in total. The minimum atomic E-state index is -4.18. The molecule has 1 aromatic heterocycles. The van der Waals surface area contributed by atoms with E-state index in [4.69, 9.17) is 5.73 Å². The average Bonchev–Trinajstić information content (AvgIpc) is 2.28. The first-order valence-electron chi connectivity index (χ1n) is 3.57. The fraction of sp³-hybridized carbons (Fsp3) is 0.500. The summed E-state index contributed by atoms with van der Waals surface area (Å²) >= 11 is 3.04. The quantitative estimate of drug-likeness (QED) is 0.930. The van der Waals surface area contributed by atoms with Crippen molar-refractivity contribution in [1.29, 1.82) is 0 Å². The van der Waals surface area contributed by atoms with Crippen molar-refractivity contribution >= 4 is 33.5 Å². The number of nitrogens with zero attached hydrogens (tertiary/aromatic N) is 2. The topological polar surface area (TPSA) is 43.8 Å². The van der Waals surface area contributed by atoms with Crippen molar-refractivity contribution in [3.63, 3.8) is 0 Å². The van der Waals surface area contributed by atoms with Gasteiger partial charge < -0.3 is 5.73 Å². The maximum atomic E-state index is 11.7. The molecule has 0 saturated carbocycles. The molecule has 0 bridgehead atoms. The first-order chi connectivity index (χ1) is 6.38. The van der Waals surface area contributed by atoms with Crippen LogP contribution >= 0.6 is 27.7 Å². The van der Waals surface area contributed by atoms with Gasteiger partial charge in [0, 0.05) is 11.9 Å². The Balaban J connectivity index is 2.39. The highest BCUT2D eigenvalue weighted by Gasteiger charge is 2.27. The Morgan fingerprint density at radius 3 is 2.64 bits per heavy atom. The maximum absolute atomic E-state index is 11.7. The fourth-order valence-electron chi connectivity index (χ4n) is 0.781. The SMILES string of the molecule is Nc1nn(CCSC(F)(F)F)cc1Br. The zero-order chi connectivity index (χ0) is 10.8. The van der Waals surface area contributed by atoms with Crippen LogP contribution in [0.4, 0.5) is 19.0 Å². The van der Waals surface area contributed by atoms with Crippen LogP contribution in [0.5, 0.6) is 0 Å². The molecule has 1 rings (SSSR count). The molecule has 0 fully saturated rings. The molecule has 0 saturated heterocycles. The van der Waals surface area contributed by atoms with Gasteiger partial charge in [-0.05, 0) is 27.7 Å². The highest BCUT2D eigenvalue weighted by Crippen LogP contribution is 2.30. The van der Waals surface area contributed by atoms with Gasteiger partial charge in [0.05, 0.1) is 11.0 Å². The van der Waals surface area contributed by atoms with E-state index in [1.54, 1.807) is 6.20 Å². The Bertz CT molecular complexity index is 292. The van der Waals surface area contributed by atoms with Crippen LogP contribution in [0.1, 0.15) is 0 Å². The van der Waals surface area contributed by atoms with Gasteiger partial charge in [0.2, 0.25) is 0 Å².